The zero-order valence-electron chi connectivity index (χ0n) is 16.6. The molecule has 1 rings (SSSR count). The van der Waals surface area contributed by atoms with Gasteiger partial charge in [-0.2, -0.15) is 0 Å². The highest BCUT2D eigenvalue weighted by Crippen LogP contribution is 2.30. The van der Waals surface area contributed by atoms with Crippen LogP contribution in [0.15, 0.2) is 21.9 Å². The van der Waals surface area contributed by atoms with Crippen LogP contribution in [0.3, 0.4) is 0 Å². The van der Waals surface area contributed by atoms with E-state index < -0.39 is 77.2 Å². The van der Waals surface area contributed by atoms with Gasteiger partial charge in [0.1, 0.15) is 28.5 Å². The van der Waals surface area contributed by atoms with Crippen molar-refractivity contribution in [2.24, 2.45) is 10.3 Å². The van der Waals surface area contributed by atoms with Crippen molar-refractivity contribution in [3.63, 3.8) is 0 Å². The van der Waals surface area contributed by atoms with Gasteiger partial charge in [0.05, 0.1) is 10.7 Å². The molecule has 0 unspecified atom stereocenters. The summed E-state index contributed by atoms with van der Waals surface area (Å²) in [6, 6.07) is 1.35. The molecule has 0 fully saturated rings. The summed E-state index contributed by atoms with van der Waals surface area (Å²) in [7, 11) is -8.98. The number of amides is 2. The van der Waals surface area contributed by atoms with Crippen LogP contribution in [0.25, 0.3) is 0 Å². The van der Waals surface area contributed by atoms with Crippen LogP contribution in [0, 0.1) is 0 Å². The Morgan fingerprint density at radius 3 is 2.00 bits per heavy atom. The molecule has 0 aliphatic heterocycles. The lowest BCUT2D eigenvalue weighted by Crippen LogP contribution is -2.44. The standard InChI is InChI=1S/C15H21ClN4O9S2/c1-15(2,3)29-14(24)20(7-13(22)23)6-12(21)19-9-4-8(16)10(30(17,25)26)5-11(9)31(18,27)28/h4-5H,6-7H2,1-3H3,(H,19,21)(H,22,23)(H2,17,25,26)(H2,18,27,28). The van der Waals surface area contributed by atoms with Crippen molar-refractivity contribution in [2.45, 2.75) is 36.2 Å². The van der Waals surface area contributed by atoms with E-state index >= 15 is 0 Å². The number of carboxylic acids is 1. The van der Waals surface area contributed by atoms with Crippen molar-refractivity contribution in [3.8, 4) is 0 Å². The van der Waals surface area contributed by atoms with Gasteiger partial charge >= 0.3 is 12.1 Å². The number of carbonyl (C=O) groups excluding carboxylic acids is 2. The Balaban J connectivity index is 3.28. The number of anilines is 1. The van der Waals surface area contributed by atoms with E-state index in [9.17, 15) is 31.2 Å². The molecule has 0 spiro atoms. The Morgan fingerprint density at radius 2 is 1.58 bits per heavy atom. The molecule has 0 atom stereocenters. The molecule has 2 amide bonds. The summed E-state index contributed by atoms with van der Waals surface area (Å²) in [5, 5.41) is 20.6. The maximum atomic E-state index is 12.4. The average Bonchev–Trinajstić information content (AvgIpc) is 2.49. The van der Waals surface area contributed by atoms with Crippen LogP contribution < -0.4 is 15.6 Å². The van der Waals surface area contributed by atoms with Crippen LogP contribution in [0.5, 0.6) is 0 Å². The number of primary sulfonamides is 2. The van der Waals surface area contributed by atoms with Crippen LogP contribution in [-0.4, -0.2) is 63.5 Å². The number of carboxylic acid groups (broad SMARTS) is 1. The first-order valence-corrected chi connectivity index (χ1v) is 11.7. The van der Waals surface area contributed by atoms with Crippen LogP contribution in [0.4, 0.5) is 10.5 Å². The molecular formula is C15H21ClN4O9S2. The fourth-order valence-corrected chi connectivity index (χ4v) is 4.00. The smallest absolute Gasteiger partial charge is 0.411 e. The number of halogens is 1. The first-order chi connectivity index (χ1) is 13.8. The molecule has 0 aliphatic rings. The summed E-state index contributed by atoms with van der Waals surface area (Å²) in [5.74, 6) is -2.49. The predicted molar refractivity (Wildman–Crippen MR) is 108 cm³/mol. The second kappa shape index (κ2) is 9.35. The molecule has 16 heteroatoms. The van der Waals surface area contributed by atoms with Crippen LogP contribution >= 0.6 is 11.6 Å². The number of hydrogen-bond donors (Lipinski definition) is 4. The quantitative estimate of drug-likeness (QED) is 0.392. The number of carbonyl (C=O) groups is 3. The summed E-state index contributed by atoms with van der Waals surface area (Å²) in [5.41, 5.74) is -1.49. The van der Waals surface area contributed by atoms with Crippen LogP contribution in [-0.2, 0) is 34.4 Å². The van der Waals surface area contributed by atoms with Gasteiger partial charge in [-0.3, -0.25) is 14.5 Å². The molecule has 0 radical (unpaired) electrons. The Hall–Kier alpha value is -2.46. The topological polar surface area (TPSA) is 216 Å². The molecule has 13 nitrogen and oxygen atoms in total. The number of nitrogens with two attached hydrogens (primary N) is 2. The number of sulfonamides is 2. The second-order valence-corrected chi connectivity index (χ2v) is 10.6. The van der Waals surface area contributed by atoms with Crippen molar-refractivity contribution >= 4 is 55.3 Å². The summed E-state index contributed by atoms with van der Waals surface area (Å²) >= 11 is 5.81. The van der Waals surface area contributed by atoms with E-state index in [2.05, 4.69) is 5.32 Å². The molecule has 31 heavy (non-hydrogen) atoms. The zero-order valence-corrected chi connectivity index (χ0v) is 19.0. The van der Waals surface area contributed by atoms with E-state index in [0.717, 1.165) is 6.07 Å². The number of benzene rings is 1. The monoisotopic (exact) mass is 500 g/mol. The fraction of sp³-hybridized carbons (Fsp3) is 0.400. The van der Waals surface area contributed by atoms with Crippen LogP contribution in [0.1, 0.15) is 20.8 Å². The van der Waals surface area contributed by atoms with Gasteiger partial charge in [-0.1, -0.05) is 11.6 Å². The zero-order chi connectivity index (χ0) is 24.4. The Morgan fingerprint density at radius 1 is 1.06 bits per heavy atom. The lowest BCUT2D eigenvalue weighted by molar-refractivity contribution is -0.138. The van der Waals surface area contributed by atoms with Gasteiger partial charge in [0.25, 0.3) is 0 Å². The molecule has 0 saturated carbocycles. The van der Waals surface area contributed by atoms with E-state index in [1.165, 1.54) is 20.8 Å². The maximum Gasteiger partial charge on any atom is 0.411 e. The van der Waals surface area contributed by atoms with E-state index in [1.807, 2.05) is 0 Å². The number of nitrogens with zero attached hydrogens (tertiary/aromatic N) is 1. The van der Waals surface area contributed by atoms with Crippen molar-refractivity contribution in [3.05, 3.63) is 17.2 Å². The van der Waals surface area contributed by atoms with Crippen molar-refractivity contribution < 1.29 is 41.1 Å². The minimum Gasteiger partial charge on any atom is -0.480 e. The van der Waals surface area contributed by atoms with Crippen molar-refractivity contribution in [2.75, 3.05) is 18.4 Å². The van der Waals surface area contributed by atoms with E-state index in [0.29, 0.717) is 11.0 Å². The number of aliphatic carboxylic acids is 1. The first-order valence-electron chi connectivity index (χ1n) is 8.20. The molecule has 0 heterocycles. The Bertz CT molecular complexity index is 1110. The normalized spacial score (nSPS) is 12.2. The minimum atomic E-state index is -4.56. The summed E-state index contributed by atoms with van der Waals surface area (Å²) < 4.78 is 51.8. The van der Waals surface area contributed by atoms with E-state index in [4.69, 9.17) is 31.7 Å². The first kappa shape index (κ1) is 26.6. The lowest BCUT2D eigenvalue weighted by Gasteiger charge is -2.26. The molecule has 0 aromatic heterocycles. The number of hydrogen-bond acceptors (Lipinski definition) is 8. The highest BCUT2D eigenvalue weighted by molar-refractivity contribution is 7.90. The van der Waals surface area contributed by atoms with Crippen molar-refractivity contribution in [1.29, 1.82) is 0 Å². The highest BCUT2D eigenvalue weighted by Gasteiger charge is 2.27. The molecule has 1 aromatic rings. The fourth-order valence-electron chi connectivity index (χ4n) is 2.12. The predicted octanol–water partition coefficient (Wildman–Crippen LogP) is -0.105. The molecule has 0 aliphatic carbocycles. The largest absolute Gasteiger partial charge is 0.480 e. The molecule has 6 N–H and O–H groups in total. The molecule has 0 saturated heterocycles. The molecular weight excluding hydrogens is 480 g/mol. The highest BCUT2D eigenvalue weighted by atomic mass is 35.5. The minimum absolute atomic E-state index is 0.510. The van der Waals surface area contributed by atoms with E-state index in [1.54, 1.807) is 0 Å². The maximum absolute atomic E-state index is 12.4. The number of nitrogens with one attached hydrogen (secondary N) is 1. The average molecular weight is 501 g/mol. The van der Waals surface area contributed by atoms with Gasteiger partial charge in [0, 0.05) is 0 Å². The van der Waals surface area contributed by atoms with Gasteiger partial charge in [0.2, 0.25) is 26.0 Å². The Labute approximate surface area is 183 Å². The van der Waals surface area contributed by atoms with Gasteiger partial charge in [0.15, 0.2) is 0 Å². The number of ether oxygens (including phenoxy) is 1. The lowest BCUT2D eigenvalue weighted by atomic mass is 10.2. The molecule has 1 aromatic carbocycles. The van der Waals surface area contributed by atoms with Gasteiger partial charge in [-0.25, -0.2) is 31.9 Å². The third-order valence-corrected chi connectivity index (χ3v) is 5.56. The van der Waals surface area contributed by atoms with Gasteiger partial charge in [-0.15, -0.1) is 0 Å². The van der Waals surface area contributed by atoms with Gasteiger partial charge < -0.3 is 15.2 Å². The number of rotatable bonds is 7. The second-order valence-electron chi connectivity index (χ2n) is 7.15. The summed E-state index contributed by atoms with van der Waals surface area (Å²) in [6.45, 7) is 2.83. The summed E-state index contributed by atoms with van der Waals surface area (Å²) in [4.78, 5) is 34.5. The van der Waals surface area contributed by atoms with E-state index in [-0.39, 0.29) is 0 Å². The molecule has 0 bridgehead atoms. The molecule has 174 valence electrons. The summed E-state index contributed by atoms with van der Waals surface area (Å²) in [6.07, 6.45) is -1.11. The Kier molecular flexibility index (Phi) is 8.02. The third kappa shape index (κ3) is 8.29. The third-order valence-electron chi connectivity index (χ3n) is 3.23. The van der Waals surface area contributed by atoms with Crippen molar-refractivity contribution in [1.82, 2.24) is 4.90 Å². The van der Waals surface area contributed by atoms with Gasteiger partial charge in [-0.05, 0) is 32.9 Å². The SMILES string of the molecule is CC(C)(C)OC(=O)N(CC(=O)O)CC(=O)Nc1cc(Cl)c(S(N)(=O)=O)cc1S(N)(=O)=O. The van der Waals surface area contributed by atoms with Crippen LogP contribution in [0.2, 0.25) is 5.02 Å².